The van der Waals surface area contributed by atoms with Gasteiger partial charge >= 0.3 is 0 Å². The molecule has 26 heavy (non-hydrogen) atoms. The summed E-state index contributed by atoms with van der Waals surface area (Å²) in [7, 11) is 0. The highest BCUT2D eigenvalue weighted by atomic mass is 35.5. The number of carbonyl (C=O) groups excluding carboxylic acids is 1. The van der Waals surface area contributed by atoms with Crippen LogP contribution in [0, 0.1) is 5.92 Å². The van der Waals surface area contributed by atoms with Crippen LogP contribution in [0.4, 0.5) is 0 Å². The monoisotopic (exact) mass is 375 g/mol. The molecule has 2 aliphatic heterocycles. The molecule has 0 N–H and O–H groups in total. The Kier molecular flexibility index (Phi) is 5.24. The minimum Gasteiger partial charge on any atom is -0.350 e. The van der Waals surface area contributed by atoms with Gasteiger partial charge in [0.05, 0.1) is 31.5 Å². The van der Waals surface area contributed by atoms with Crippen molar-refractivity contribution in [1.29, 1.82) is 0 Å². The molecule has 1 aromatic carbocycles. The second-order valence-corrected chi connectivity index (χ2v) is 7.16. The van der Waals surface area contributed by atoms with Gasteiger partial charge in [-0.25, -0.2) is 0 Å². The van der Waals surface area contributed by atoms with Crippen molar-refractivity contribution in [2.75, 3.05) is 26.3 Å². The summed E-state index contributed by atoms with van der Waals surface area (Å²) < 4.78 is 12.9. The Balaban J connectivity index is 1.35. The van der Waals surface area contributed by atoms with Gasteiger partial charge in [-0.2, -0.15) is 5.10 Å². The van der Waals surface area contributed by atoms with Crippen molar-refractivity contribution >= 4 is 17.5 Å². The molecular weight excluding hydrogens is 354 g/mol. The Hall–Kier alpha value is -1.89. The molecule has 0 radical (unpaired) electrons. The molecule has 0 atom stereocenters. The van der Waals surface area contributed by atoms with E-state index in [2.05, 4.69) is 5.10 Å². The first-order chi connectivity index (χ1) is 12.7. The number of benzene rings is 1. The third-order valence-corrected chi connectivity index (χ3v) is 5.40. The average molecular weight is 376 g/mol. The highest BCUT2D eigenvalue weighted by molar-refractivity contribution is 6.31. The van der Waals surface area contributed by atoms with E-state index in [1.807, 2.05) is 29.2 Å². The molecule has 2 aliphatic rings. The summed E-state index contributed by atoms with van der Waals surface area (Å²) in [4.78, 5) is 14.6. The molecule has 2 saturated heterocycles. The van der Waals surface area contributed by atoms with Crippen LogP contribution in [0.2, 0.25) is 5.02 Å². The van der Waals surface area contributed by atoms with Gasteiger partial charge in [0, 0.05) is 30.2 Å². The molecule has 7 heteroatoms. The fourth-order valence-corrected chi connectivity index (χ4v) is 3.76. The average Bonchev–Trinajstić information content (AvgIpc) is 3.35. The Labute approximate surface area is 157 Å². The minimum absolute atomic E-state index is 0.0297. The van der Waals surface area contributed by atoms with E-state index in [1.54, 1.807) is 17.1 Å². The van der Waals surface area contributed by atoms with E-state index in [-0.39, 0.29) is 12.2 Å². The number of ether oxygens (including phenoxy) is 2. The van der Waals surface area contributed by atoms with E-state index >= 15 is 0 Å². The van der Waals surface area contributed by atoms with Crippen LogP contribution in [0.25, 0.3) is 0 Å². The summed E-state index contributed by atoms with van der Waals surface area (Å²) in [6, 6.07) is 7.66. The molecule has 6 nitrogen and oxygen atoms in total. The standard InChI is InChI=1S/C19H22ClN3O3/c20-17-4-2-1-3-15(17)12-23-13-16(11-21-23)18(24)22-7-5-14(6-8-22)19-25-9-10-26-19/h1-4,11,13-14,19H,5-10,12H2. The lowest BCUT2D eigenvalue weighted by atomic mass is 9.96. The van der Waals surface area contributed by atoms with Crippen LogP contribution < -0.4 is 0 Å². The molecule has 138 valence electrons. The predicted molar refractivity (Wildman–Crippen MR) is 97.1 cm³/mol. The molecule has 1 aromatic heterocycles. The van der Waals surface area contributed by atoms with Gasteiger partial charge < -0.3 is 14.4 Å². The van der Waals surface area contributed by atoms with Gasteiger partial charge in [0.25, 0.3) is 5.91 Å². The molecule has 0 bridgehead atoms. The number of hydrogen-bond acceptors (Lipinski definition) is 4. The lowest BCUT2D eigenvalue weighted by Gasteiger charge is -2.33. The summed E-state index contributed by atoms with van der Waals surface area (Å²) >= 11 is 6.20. The summed E-state index contributed by atoms with van der Waals surface area (Å²) in [5.41, 5.74) is 1.59. The number of likely N-dealkylation sites (tertiary alicyclic amines) is 1. The molecule has 3 heterocycles. The number of aromatic nitrogens is 2. The number of nitrogens with zero attached hydrogens (tertiary/aromatic N) is 3. The van der Waals surface area contributed by atoms with Crippen molar-refractivity contribution in [1.82, 2.24) is 14.7 Å². The van der Waals surface area contributed by atoms with Gasteiger partial charge in [-0.05, 0) is 24.5 Å². The smallest absolute Gasteiger partial charge is 0.257 e. The molecular formula is C19H22ClN3O3. The maximum atomic E-state index is 12.7. The lowest BCUT2D eigenvalue weighted by molar-refractivity contribution is -0.0956. The summed E-state index contributed by atoms with van der Waals surface area (Å²) in [6.07, 6.45) is 5.15. The van der Waals surface area contributed by atoms with E-state index in [1.165, 1.54) is 0 Å². The quantitative estimate of drug-likeness (QED) is 0.824. The first-order valence-corrected chi connectivity index (χ1v) is 9.37. The van der Waals surface area contributed by atoms with Gasteiger partial charge in [-0.1, -0.05) is 29.8 Å². The summed E-state index contributed by atoms with van der Waals surface area (Å²) in [6.45, 7) is 3.35. The van der Waals surface area contributed by atoms with Crippen molar-refractivity contribution in [2.24, 2.45) is 5.92 Å². The number of halogens is 1. The van der Waals surface area contributed by atoms with Crippen LogP contribution in [0.15, 0.2) is 36.7 Å². The molecule has 0 unspecified atom stereocenters. The maximum Gasteiger partial charge on any atom is 0.257 e. The van der Waals surface area contributed by atoms with Crippen molar-refractivity contribution in [3.05, 3.63) is 52.8 Å². The topological polar surface area (TPSA) is 56.6 Å². The van der Waals surface area contributed by atoms with Crippen LogP contribution in [0.1, 0.15) is 28.8 Å². The van der Waals surface area contributed by atoms with Gasteiger partial charge in [0.15, 0.2) is 6.29 Å². The van der Waals surface area contributed by atoms with Crippen molar-refractivity contribution < 1.29 is 14.3 Å². The Morgan fingerprint density at radius 3 is 2.65 bits per heavy atom. The molecule has 0 aliphatic carbocycles. The SMILES string of the molecule is O=C(c1cnn(Cc2ccccc2Cl)c1)N1CCC(C2OCCO2)CC1. The van der Waals surface area contributed by atoms with Crippen molar-refractivity contribution in [3.63, 3.8) is 0 Å². The normalized spacial score (nSPS) is 19.2. The van der Waals surface area contributed by atoms with Gasteiger partial charge in [-0.15, -0.1) is 0 Å². The maximum absolute atomic E-state index is 12.7. The summed E-state index contributed by atoms with van der Waals surface area (Å²) in [5, 5.41) is 5.02. The van der Waals surface area contributed by atoms with Crippen LogP contribution in [-0.2, 0) is 16.0 Å². The largest absolute Gasteiger partial charge is 0.350 e. The van der Waals surface area contributed by atoms with E-state index in [0.717, 1.165) is 31.5 Å². The molecule has 2 aromatic rings. The first-order valence-electron chi connectivity index (χ1n) is 8.99. The Bertz CT molecular complexity index is 765. The zero-order valence-corrected chi connectivity index (χ0v) is 15.3. The van der Waals surface area contributed by atoms with Crippen LogP contribution >= 0.6 is 11.6 Å². The fourth-order valence-electron chi connectivity index (χ4n) is 3.57. The lowest BCUT2D eigenvalue weighted by Crippen LogP contribution is -2.41. The van der Waals surface area contributed by atoms with E-state index in [0.29, 0.717) is 36.3 Å². The second kappa shape index (κ2) is 7.78. The number of carbonyl (C=O) groups is 1. The number of rotatable bonds is 4. The predicted octanol–water partition coefficient (Wildman–Crippen LogP) is 2.81. The minimum atomic E-state index is -0.0920. The van der Waals surface area contributed by atoms with Gasteiger partial charge in [-0.3, -0.25) is 9.48 Å². The van der Waals surface area contributed by atoms with Crippen LogP contribution in [0.5, 0.6) is 0 Å². The van der Waals surface area contributed by atoms with Crippen molar-refractivity contribution in [2.45, 2.75) is 25.7 Å². The molecule has 1 amide bonds. The fraction of sp³-hybridized carbons (Fsp3) is 0.474. The van der Waals surface area contributed by atoms with E-state index in [9.17, 15) is 4.79 Å². The third-order valence-electron chi connectivity index (χ3n) is 5.03. The summed E-state index contributed by atoms with van der Waals surface area (Å²) in [5.74, 6) is 0.409. The van der Waals surface area contributed by atoms with E-state index < -0.39 is 0 Å². The molecule has 4 rings (SSSR count). The Morgan fingerprint density at radius 2 is 1.92 bits per heavy atom. The zero-order valence-electron chi connectivity index (χ0n) is 14.5. The third kappa shape index (κ3) is 3.77. The zero-order chi connectivity index (χ0) is 17.9. The van der Waals surface area contributed by atoms with Gasteiger partial charge in [0.2, 0.25) is 0 Å². The first kappa shape index (κ1) is 17.5. The number of hydrogen-bond donors (Lipinski definition) is 0. The molecule has 0 saturated carbocycles. The molecule has 0 spiro atoms. The molecule has 2 fully saturated rings. The highest BCUT2D eigenvalue weighted by Crippen LogP contribution is 2.26. The second-order valence-electron chi connectivity index (χ2n) is 6.76. The number of piperidine rings is 1. The van der Waals surface area contributed by atoms with Gasteiger partial charge in [0.1, 0.15) is 0 Å². The van der Waals surface area contributed by atoms with E-state index in [4.69, 9.17) is 21.1 Å². The number of amides is 1. The van der Waals surface area contributed by atoms with Crippen LogP contribution in [0.3, 0.4) is 0 Å². The van der Waals surface area contributed by atoms with Crippen molar-refractivity contribution in [3.8, 4) is 0 Å². The highest BCUT2D eigenvalue weighted by Gasteiger charge is 2.32. The Morgan fingerprint density at radius 1 is 1.19 bits per heavy atom. The van der Waals surface area contributed by atoms with Crippen LogP contribution in [-0.4, -0.2) is 53.2 Å².